The van der Waals surface area contributed by atoms with Crippen LogP contribution in [0.4, 0.5) is 70.0 Å². The predicted molar refractivity (Wildman–Crippen MR) is 487 cm³/mol. The van der Waals surface area contributed by atoms with Crippen LogP contribution >= 0.6 is 0 Å². The summed E-state index contributed by atoms with van der Waals surface area (Å²) in [7, 11) is 0. The molecule has 654 valence electrons. The molecule has 0 saturated heterocycles. The molecule has 0 aromatic heterocycles. The van der Waals surface area contributed by atoms with Crippen molar-refractivity contribution in [3.05, 3.63) is 268 Å². The molecule has 0 heterocycles. The highest BCUT2D eigenvalue weighted by Crippen LogP contribution is 2.43. The van der Waals surface area contributed by atoms with Crippen LogP contribution in [0.1, 0.15) is 240 Å². The van der Waals surface area contributed by atoms with E-state index in [4.69, 9.17) is 81.0 Å². The molecule has 21 nitrogen and oxygen atoms in total. The Balaban J connectivity index is 0.000000151. The fourth-order valence-electron chi connectivity index (χ4n) is 17.1. The number of ether oxygens (including phenoxy) is 6. The molecule has 0 bridgehead atoms. The minimum Gasteiger partial charge on any atom is -0.459 e. The molecule has 124 heavy (non-hydrogen) atoms. The summed E-state index contributed by atoms with van der Waals surface area (Å²) in [5, 5.41) is 0. The molecule has 10 aromatic carbocycles. The van der Waals surface area contributed by atoms with E-state index in [0.717, 1.165) is 91.7 Å². The Morgan fingerprint density at radius 2 is 0.492 bits per heavy atom. The zero-order chi connectivity index (χ0) is 88.7. The summed E-state index contributed by atoms with van der Waals surface area (Å²) in [5.74, 6) is 3.59. The smallest absolute Gasteiger partial charge is 0.459 e. The summed E-state index contributed by atoms with van der Waals surface area (Å²) in [4.78, 5) is 61.2. The van der Waals surface area contributed by atoms with Gasteiger partial charge >= 0.3 is 36.2 Å². The number of esters is 5. The first-order valence-corrected chi connectivity index (χ1v) is 42.8. The Morgan fingerprint density at radius 3 is 0.782 bits per heavy atom. The van der Waals surface area contributed by atoms with Crippen LogP contribution in [0.25, 0.3) is 11.1 Å². The van der Waals surface area contributed by atoms with Crippen molar-refractivity contribution in [2.45, 2.75) is 199 Å². The number of carbonyl (C=O) groups is 5. The largest absolute Gasteiger partial charge is 0.573 e. The van der Waals surface area contributed by atoms with Gasteiger partial charge < -0.3 is 85.8 Å². The fraction of sp³-hybridized carbons (Fsp3) is 0.350. The first kappa shape index (κ1) is 91.9. The van der Waals surface area contributed by atoms with Crippen LogP contribution in [0.5, 0.6) is 17.2 Å². The van der Waals surface area contributed by atoms with Gasteiger partial charge in [0.05, 0.1) is 27.8 Å². The molecule has 0 unspecified atom stereocenters. The second-order valence-electron chi connectivity index (χ2n) is 33.9. The molecule has 0 atom stereocenters. The lowest BCUT2D eigenvalue weighted by atomic mass is 9.71. The Labute approximate surface area is 724 Å². The van der Waals surface area contributed by atoms with Gasteiger partial charge in [0.2, 0.25) is 0 Å². The number of aryl methyl sites for hydroxylation is 2. The van der Waals surface area contributed by atoms with Gasteiger partial charge in [0.15, 0.2) is 0 Å². The van der Waals surface area contributed by atoms with Gasteiger partial charge in [-0.25, -0.2) is 24.0 Å². The molecular weight excluding hydrogens is 1570 g/mol. The second kappa shape index (κ2) is 43.3. The average Bonchev–Trinajstić information content (AvgIpc) is 0.810. The van der Waals surface area contributed by atoms with Gasteiger partial charge in [-0.15, -0.1) is 13.2 Å². The Kier molecular flexibility index (Phi) is 32.1. The van der Waals surface area contributed by atoms with Gasteiger partial charge in [0, 0.05) is 56.9 Å². The van der Waals surface area contributed by atoms with Crippen molar-refractivity contribution in [2.75, 3.05) is 57.3 Å². The topological polar surface area (TPSA) is 401 Å². The van der Waals surface area contributed by atoms with E-state index >= 15 is 0 Å². The Morgan fingerprint density at radius 1 is 0.274 bits per heavy atom. The lowest BCUT2D eigenvalue weighted by molar-refractivity contribution is -0.274. The van der Waals surface area contributed by atoms with Crippen LogP contribution in [0, 0.1) is 37.5 Å². The van der Waals surface area contributed by atoms with Crippen molar-refractivity contribution in [1.82, 2.24) is 0 Å². The van der Waals surface area contributed by atoms with E-state index in [2.05, 4.69) is 93.1 Å². The maximum Gasteiger partial charge on any atom is 0.573 e. The maximum atomic E-state index is 12.3. The number of halogens is 3. The van der Waals surface area contributed by atoms with Crippen molar-refractivity contribution in [3.63, 3.8) is 0 Å². The van der Waals surface area contributed by atoms with Crippen molar-refractivity contribution in [2.24, 2.45) is 23.7 Å². The molecule has 5 saturated carbocycles. The van der Waals surface area contributed by atoms with Gasteiger partial charge in [-0.3, -0.25) is 0 Å². The van der Waals surface area contributed by atoms with Crippen LogP contribution in [-0.2, 0) is 14.2 Å². The minimum atomic E-state index is -4.70. The first-order chi connectivity index (χ1) is 59.2. The fourth-order valence-corrected chi connectivity index (χ4v) is 17.1. The summed E-state index contributed by atoms with van der Waals surface area (Å²) in [6.45, 7) is 8.84. The zero-order valence-corrected chi connectivity index (χ0v) is 71.0. The summed E-state index contributed by atoms with van der Waals surface area (Å²) in [5.41, 5.74) is 71.9. The number of rotatable bonds is 16. The third-order valence-electron chi connectivity index (χ3n) is 23.8. The molecule has 5 aliphatic rings. The van der Waals surface area contributed by atoms with Gasteiger partial charge in [0.1, 0.15) is 35.6 Å². The molecule has 0 radical (unpaired) electrons. The van der Waals surface area contributed by atoms with E-state index in [1.165, 1.54) is 111 Å². The molecule has 0 spiro atoms. The van der Waals surface area contributed by atoms with E-state index in [1.54, 1.807) is 103 Å². The number of hydrogen-bond donors (Lipinski definition) is 10. The molecule has 0 amide bonds. The number of nitrogen functional groups attached to an aromatic ring is 10. The highest BCUT2D eigenvalue weighted by molar-refractivity contribution is 5.95. The number of hydrogen-bond acceptors (Lipinski definition) is 21. The molecule has 5 aliphatic carbocycles. The number of nitrogens with two attached hydrogens (primary N) is 10. The Hall–Kier alpha value is -12.9. The molecular formula is C100H117F3N10O11. The van der Waals surface area contributed by atoms with E-state index in [-0.39, 0.29) is 41.9 Å². The predicted octanol–water partition coefficient (Wildman–Crippen LogP) is 21.5. The molecule has 15 rings (SSSR count). The van der Waals surface area contributed by atoms with E-state index in [0.29, 0.717) is 121 Å². The average molecular weight is 1690 g/mol. The van der Waals surface area contributed by atoms with Crippen molar-refractivity contribution < 1.29 is 65.6 Å². The molecule has 24 heteroatoms. The van der Waals surface area contributed by atoms with Crippen LogP contribution in [0.2, 0.25) is 0 Å². The van der Waals surface area contributed by atoms with Crippen LogP contribution in [-0.4, -0.2) is 54.5 Å². The number of benzene rings is 10. The van der Waals surface area contributed by atoms with E-state index in [1.807, 2.05) is 24.3 Å². The first-order valence-electron chi connectivity index (χ1n) is 42.8. The standard InChI is InChI=1S/C20H21F3N2O3.C20H30N2O2.2C20H24N2O2.C20H18N2O2/c21-20(22,23)28-18-7-3-13(4-8-18)12-1-5-17(6-2-12)27-19(26)14-9-15(24)11-16(25)10-14;4*1-13-2-4-14(5-3-13)15-6-8-19(9-7-15)24-20(23)16-10-17(21)12-18(22)11-16/h3-4,7-12,17H,1-2,5-6,24-25H2;10-15,19H,2-9,21-22H2,1H3;6-14H,2-5,21-22H2,1H3;2-5,10-12,15,19H,6-9,21-22H2,1H3;2-12H,21-22H2,1H3. The minimum absolute atomic E-state index is 0.0261. The molecule has 0 aliphatic heterocycles. The summed E-state index contributed by atoms with van der Waals surface area (Å²) in [6, 6.07) is 61.9. The van der Waals surface area contributed by atoms with E-state index < -0.39 is 24.3 Å². The number of alkyl halides is 3. The van der Waals surface area contributed by atoms with Crippen LogP contribution < -0.4 is 71.5 Å². The lowest BCUT2D eigenvalue weighted by Crippen LogP contribution is -2.29. The van der Waals surface area contributed by atoms with Gasteiger partial charge in [-0.2, -0.15) is 0 Å². The monoisotopic (exact) mass is 1690 g/mol. The van der Waals surface area contributed by atoms with Crippen molar-refractivity contribution >= 4 is 86.7 Å². The highest BCUT2D eigenvalue weighted by atomic mass is 19.4. The normalized spacial score (nSPS) is 20.4. The highest BCUT2D eigenvalue weighted by Gasteiger charge is 2.34. The van der Waals surface area contributed by atoms with E-state index in [9.17, 15) is 37.1 Å². The van der Waals surface area contributed by atoms with Crippen molar-refractivity contribution in [3.8, 4) is 28.4 Å². The van der Waals surface area contributed by atoms with Gasteiger partial charge in [-0.05, 0) is 313 Å². The second-order valence-corrected chi connectivity index (χ2v) is 33.9. The molecule has 5 fully saturated rings. The van der Waals surface area contributed by atoms with Crippen LogP contribution in [0.3, 0.4) is 0 Å². The quantitative estimate of drug-likeness (QED) is 0.0186. The summed E-state index contributed by atoms with van der Waals surface area (Å²) >= 11 is 0. The molecule has 20 N–H and O–H groups in total. The molecule has 10 aromatic rings. The Bertz CT molecular complexity index is 5110. The lowest BCUT2D eigenvalue weighted by Gasteiger charge is -2.37. The zero-order valence-electron chi connectivity index (χ0n) is 71.0. The third kappa shape index (κ3) is 28.4. The summed E-state index contributed by atoms with van der Waals surface area (Å²) in [6.07, 6.45) is 16.8. The van der Waals surface area contributed by atoms with Gasteiger partial charge in [0.25, 0.3) is 0 Å². The summed E-state index contributed by atoms with van der Waals surface area (Å²) < 4.78 is 68.3. The van der Waals surface area contributed by atoms with Crippen molar-refractivity contribution in [1.29, 1.82) is 0 Å². The number of anilines is 10. The number of carbonyl (C=O) groups excluding carboxylic acids is 5. The van der Waals surface area contributed by atoms with Crippen LogP contribution in [0.15, 0.2) is 212 Å². The SMILES string of the molecule is CC1CCC(C2CCC(OC(=O)c3cc(N)cc(N)c3)CC2)CC1.CC1CCC(c2ccc(OC(=O)c3cc(N)cc(N)c3)cc2)CC1.Cc1ccc(-c2ccc(OC(=O)c3cc(N)cc(N)c3)cc2)cc1.Cc1ccc(C2CCC(OC(=O)c3cc(N)cc(N)c3)CC2)cc1.Nc1cc(N)cc(C(=O)OC2CCC(c3ccc(OC(F)(F)F)cc3)CC2)c1. The third-order valence-corrected chi connectivity index (χ3v) is 23.8. The van der Waals surface area contributed by atoms with Gasteiger partial charge in [-0.1, -0.05) is 136 Å². The maximum absolute atomic E-state index is 12.3.